The summed E-state index contributed by atoms with van der Waals surface area (Å²) in [7, 11) is 0. The molecule has 6 rings (SSSR count). The van der Waals surface area contributed by atoms with Gasteiger partial charge in [0.15, 0.2) is 0 Å². The predicted molar refractivity (Wildman–Crippen MR) is 161 cm³/mol. The number of ether oxygens (including phenoxy) is 4. The molecule has 0 unspecified atom stereocenters. The van der Waals surface area contributed by atoms with Crippen molar-refractivity contribution in [1.29, 1.82) is 0 Å². The Bertz CT molecular complexity index is 1290. The summed E-state index contributed by atoms with van der Waals surface area (Å²) in [6.45, 7) is 4.20. The molecule has 3 aliphatic heterocycles. The van der Waals surface area contributed by atoms with Crippen molar-refractivity contribution >= 4 is 18.0 Å². The molecule has 236 valence electrons. The molecule has 4 aliphatic rings. The van der Waals surface area contributed by atoms with E-state index >= 15 is 0 Å². The lowest BCUT2D eigenvalue weighted by Crippen LogP contribution is -2.66. The number of benzene rings is 2. The third-order valence-electron chi connectivity index (χ3n) is 9.20. The quantitative estimate of drug-likeness (QED) is 0.420. The Kier molecular flexibility index (Phi) is 9.51. The standard InChI is InChI=1S/C33H42N4O7/c38-30-21-43-29-12-16-36(18-27(29)35-30)32(40)37-22-33(23-37)13-10-26(11-14-33)42-20-25-8-4-5-9-28(25)41-17-15-34-31(39)44-19-24-6-2-1-3-7-24/h1-9,26-27,29H,10-23H2,(H,34,39)(H,35,38)/t27-,29+/m1/s1. The highest BCUT2D eigenvalue weighted by Crippen LogP contribution is 2.45. The Hall–Kier alpha value is -3.83. The second kappa shape index (κ2) is 13.9. The van der Waals surface area contributed by atoms with Crippen molar-refractivity contribution in [2.75, 3.05) is 45.9 Å². The Balaban J connectivity index is 0.877. The highest BCUT2D eigenvalue weighted by molar-refractivity contribution is 5.79. The number of morpholine rings is 1. The summed E-state index contributed by atoms with van der Waals surface area (Å²) in [5.74, 6) is 0.639. The first kappa shape index (κ1) is 30.2. The Morgan fingerprint density at radius 1 is 0.977 bits per heavy atom. The van der Waals surface area contributed by atoms with E-state index in [2.05, 4.69) is 10.6 Å². The molecule has 1 aliphatic carbocycles. The summed E-state index contributed by atoms with van der Waals surface area (Å²) < 4.78 is 23.1. The molecule has 4 amide bonds. The number of rotatable bonds is 9. The van der Waals surface area contributed by atoms with Crippen LogP contribution >= 0.6 is 0 Å². The van der Waals surface area contributed by atoms with Crippen LogP contribution in [0.3, 0.4) is 0 Å². The van der Waals surface area contributed by atoms with Crippen molar-refractivity contribution in [2.45, 2.75) is 63.6 Å². The molecule has 0 aromatic heterocycles. The van der Waals surface area contributed by atoms with Crippen molar-refractivity contribution in [3.63, 3.8) is 0 Å². The minimum Gasteiger partial charge on any atom is -0.491 e. The van der Waals surface area contributed by atoms with E-state index < -0.39 is 6.09 Å². The van der Waals surface area contributed by atoms with Crippen LogP contribution in [0.4, 0.5) is 9.59 Å². The number of likely N-dealkylation sites (tertiary alicyclic amines) is 2. The maximum atomic E-state index is 13.2. The number of nitrogens with zero attached hydrogens (tertiary/aromatic N) is 2. The number of carbonyl (C=O) groups is 3. The zero-order chi connectivity index (χ0) is 30.4. The van der Waals surface area contributed by atoms with Crippen molar-refractivity contribution in [1.82, 2.24) is 20.4 Å². The minimum absolute atomic E-state index is 0.00596. The molecule has 2 N–H and O–H groups in total. The van der Waals surface area contributed by atoms with Gasteiger partial charge in [0.2, 0.25) is 5.91 Å². The summed E-state index contributed by atoms with van der Waals surface area (Å²) >= 11 is 0. The van der Waals surface area contributed by atoms with E-state index in [1.165, 1.54) is 0 Å². The number of alkyl carbamates (subject to hydrolysis) is 1. The lowest BCUT2D eigenvalue weighted by atomic mass is 9.68. The molecule has 0 radical (unpaired) electrons. The van der Waals surface area contributed by atoms with E-state index in [1.54, 1.807) is 0 Å². The first-order valence-corrected chi connectivity index (χ1v) is 15.7. The van der Waals surface area contributed by atoms with Gasteiger partial charge in [-0.1, -0.05) is 48.5 Å². The summed E-state index contributed by atoms with van der Waals surface area (Å²) in [6, 6.07) is 17.3. The lowest BCUT2D eigenvalue weighted by molar-refractivity contribution is -0.140. The Morgan fingerprint density at radius 3 is 2.57 bits per heavy atom. The second-order valence-electron chi connectivity index (χ2n) is 12.4. The lowest BCUT2D eigenvalue weighted by Gasteiger charge is -2.54. The van der Waals surface area contributed by atoms with Crippen LogP contribution in [0.1, 0.15) is 43.2 Å². The molecule has 2 aromatic carbocycles. The van der Waals surface area contributed by atoms with E-state index in [0.29, 0.717) is 32.8 Å². The zero-order valence-electron chi connectivity index (χ0n) is 25.1. The van der Waals surface area contributed by atoms with E-state index in [1.807, 2.05) is 64.4 Å². The van der Waals surface area contributed by atoms with E-state index in [9.17, 15) is 14.4 Å². The minimum atomic E-state index is -0.475. The van der Waals surface area contributed by atoms with Crippen molar-refractivity contribution < 1.29 is 33.3 Å². The third kappa shape index (κ3) is 7.44. The SMILES string of the molecule is O=C1CO[C@H]2CCN(C(=O)N3CC4(CCC(OCc5ccccc5OCCNC(=O)OCc5ccccc5)CC4)C3)C[C@H]2N1. The van der Waals surface area contributed by atoms with E-state index in [4.69, 9.17) is 18.9 Å². The molecule has 3 saturated heterocycles. The number of urea groups is 1. The van der Waals surface area contributed by atoms with Gasteiger partial charge in [-0.3, -0.25) is 4.79 Å². The van der Waals surface area contributed by atoms with Crippen LogP contribution in [0.2, 0.25) is 0 Å². The summed E-state index contributed by atoms with van der Waals surface area (Å²) in [6.07, 6.45) is 4.48. The van der Waals surface area contributed by atoms with Gasteiger partial charge in [-0.2, -0.15) is 0 Å². The number of piperidine rings is 1. The van der Waals surface area contributed by atoms with Gasteiger partial charge < -0.3 is 39.4 Å². The molecule has 0 bridgehead atoms. The smallest absolute Gasteiger partial charge is 0.407 e. The van der Waals surface area contributed by atoms with Gasteiger partial charge in [0.05, 0.1) is 31.4 Å². The monoisotopic (exact) mass is 606 g/mol. The van der Waals surface area contributed by atoms with Gasteiger partial charge >= 0.3 is 12.1 Å². The van der Waals surface area contributed by atoms with Gasteiger partial charge in [0.1, 0.15) is 25.6 Å². The first-order chi connectivity index (χ1) is 21.5. The Labute approximate surface area is 258 Å². The highest BCUT2D eigenvalue weighted by atomic mass is 16.5. The molecular weight excluding hydrogens is 564 g/mol. The van der Waals surface area contributed by atoms with E-state index in [0.717, 1.165) is 62.1 Å². The number of fused-ring (bicyclic) bond motifs is 1. The average Bonchev–Trinajstić information content (AvgIpc) is 3.04. The fourth-order valence-electron chi connectivity index (χ4n) is 6.72. The van der Waals surface area contributed by atoms with Crippen molar-refractivity contribution in [3.05, 3.63) is 65.7 Å². The predicted octanol–water partition coefficient (Wildman–Crippen LogP) is 3.46. The molecule has 4 fully saturated rings. The number of hydrogen-bond acceptors (Lipinski definition) is 7. The molecule has 3 heterocycles. The number of hydrogen-bond donors (Lipinski definition) is 2. The maximum Gasteiger partial charge on any atom is 0.407 e. The average molecular weight is 607 g/mol. The molecule has 1 spiro atoms. The summed E-state index contributed by atoms with van der Waals surface area (Å²) in [4.78, 5) is 40.7. The number of carbonyl (C=O) groups excluding carboxylic acids is 3. The summed E-state index contributed by atoms with van der Waals surface area (Å²) in [5, 5.41) is 5.70. The second-order valence-corrected chi connectivity index (χ2v) is 12.4. The molecule has 2 aromatic rings. The number of amides is 4. The molecular formula is C33H42N4O7. The topological polar surface area (TPSA) is 119 Å². The molecule has 44 heavy (non-hydrogen) atoms. The Morgan fingerprint density at radius 2 is 1.75 bits per heavy atom. The molecule has 11 heteroatoms. The number of nitrogens with one attached hydrogen (secondary N) is 2. The molecule has 1 saturated carbocycles. The third-order valence-corrected chi connectivity index (χ3v) is 9.20. The van der Waals surface area contributed by atoms with Gasteiger partial charge in [-0.25, -0.2) is 9.59 Å². The largest absolute Gasteiger partial charge is 0.491 e. The van der Waals surface area contributed by atoms with Crippen LogP contribution < -0.4 is 15.4 Å². The van der Waals surface area contributed by atoms with Gasteiger partial charge in [0, 0.05) is 37.2 Å². The van der Waals surface area contributed by atoms with E-state index in [-0.39, 0.29) is 48.8 Å². The van der Waals surface area contributed by atoms with Gasteiger partial charge in [0.25, 0.3) is 0 Å². The van der Waals surface area contributed by atoms with Crippen LogP contribution in [-0.4, -0.2) is 92.0 Å². The van der Waals surface area contributed by atoms with Crippen LogP contribution in [0.25, 0.3) is 0 Å². The van der Waals surface area contributed by atoms with Crippen molar-refractivity contribution in [3.8, 4) is 5.75 Å². The molecule has 11 nitrogen and oxygen atoms in total. The maximum absolute atomic E-state index is 13.2. The highest BCUT2D eigenvalue weighted by Gasteiger charge is 2.49. The number of para-hydroxylation sites is 1. The fourth-order valence-corrected chi connectivity index (χ4v) is 6.72. The van der Waals surface area contributed by atoms with Crippen molar-refractivity contribution in [2.24, 2.45) is 5.41 Å². The van der Waals surface area contributed by atoms with Crippen LogP contribution in [-0.2, 0) is 32.2 Å². The fraction of sp³-hybridized carbons (Fsp3) is 0.545. The van der Waals surface area contributed by atoms with Crippen LogP contribution in [0.15, 0.2) is 54.6 Å². The first-order valence-electron chi connectivity index (χ1n) is 15.7. The normalized spacial score (nSPS) is 22.9. The van der Waals surface area contributed by atoms with Crippen LogP contribution in [0.5, 0.6) is 5.75 Å². The zero-order valence-corrected chi connectivity index (χ0v) is 25.1. The molecule has 2 atom stereocenters. The summed E-state index contributed by atoms with van der Waals surface area (Å²) in [5.41, 5.74) is 2.10. The van der Waals surface area contributed by atoms with Gasteiger partial charge in [-0.15, -0.1) is 0 Å². The van der Waals surface area contributed by atoms with Gasteiger partial charge in [-0.05, 0) is 43.7 Å². The van der Waals surface area contributed by atoms with Crippen LogP contribution in [0, 0.1) is 5.41 Å².